The molecule has 1 saturated heterocycles. The second-order valence-corrected chi connectivity index (χ2v) is 5.26. The fourth-order valence-corrected chi connectivity index (χ4v) is 2.41. The Morgan fingerprint density at radius 2 is 1.76 bits per heavy atom. The highest BCUT2D eigenvalue weighted by atomic mass is 16.5. The first-order valence-corrected chi connectivity index (χ1v) is 7.32. The number of rotatable bonds is 6. The van der Waals surface area contributed by atoms with E-state index in [0.29, 0.717) is 6.61 Å². The molecule has 0 atom stereocenters. The second-order valence-electron chi connectivity index (χ2n) is 5.26. The number of carbonyl (C=O) groups excluding carboxylic acids is 2. The molecule has 0 spiro atoms. The number of esters is 1. The molecule has 5 heteroatoms. The van der Waals surface area contributed by atoms with Gasteiger partial charge in [-0.2, -0.15) is 0 Å². The lowest BCUT2D eigenvalue weighted by molar-refractivity contribution is -0.146. The van der Waals surface area contributed by atoms with Gasteiger partial charge in [-0.1, -0.05) is 18.2 Å². The summed E-state index contributed by atoms with van der Waals surface area (Å²) < 4.78 is 5.05. The molecule has 5 nitrogen and oxygen atoms in total. The third kappa shape index (κ3) is 5.19. The van der Waals surface area contributed by atoms with Crippen molar-refractivity contribution in [3.63, 3.8) is 0 Å². The summed E-state index contributed by atoms with van der Waals surface area (Å²) in [5.74, 6) is -0.582. The molecule has 0 radical (unpaired) electrons. The van der Waals surface area contributed by atoms with Gasteiger partial charge >= 0.3 is 5.97 Å². The van der Waals surface area contributed by atoms with E-state index in [2.05, 4.69) is 34.1 Å². The minimum absolute atomic E-state index is 0.123. The highest BCUT2D eigenvalue weighted by Gasteiger charge is 2.17. The topological polar surface area (TPSA) is 49.9 Å². The maximum Gasteiger partial charge on any atom is 0.313 e. The molecule has 0 N–H and O–H groups in total. The van der Waals surface area contributed by atoms with Gasteiger partial charge in [0, 0.05) is 38.4 Å². The lowest BCUT2D eigenvalue weighted by Crippen LogP contribution is -2.47. The molecule has 1 aromatic rings. The Hall–Kier alpha value is -1.88. The predicted molar refractivity (Wildman–Crippen MR) is 81.4 cm³/mol. The molecule has 1 aliphatic rings. The van der Waals surface area contributed by atoms with Crippen LogP contribution in [0.5, 0.6) is 0 Å². The van der Waals surface area contributed by atoms with E-state index in [1.54, 1.807) is 0 Å². The van der Waals surface area contributed by atoms with Crippen molar-refractivity contribution in [2.45, 2.75) is 13.3 Å². The van der Waals surface area contributed by atoms with E-state index in [0.717, 1.165) is 32.7 Å². The van der Waals surface area contributed by atoms with Crippen LogP contribution in [-0.2, 0) is 14.3 Å². The van der Waals surface area contributed by atoms with E-state index in [1.807, 2.05) is 6.07 Å². The van der Waals surface area contributed by atoms with Crippen molar-refractivity contribution in [1.82, 2.24) is 4.90 Å². The Balaban J connectivity index is 1.65. The van der Waals surface area contributed by atoms with Gasteiger partial charge in [-0.25, -0.2) is 0 Å². The van der Waals surface area contributed by atoms with E-state index >= 15 is 0 Å². The normalized spacial score (nSPS) is 15.8. The number of ether oxygens (including phenoxy) is 1. The van der Waals surface area contributed by atoms with Crippen LogP contribution in [0.1, 0.15) is 13.3 Å². The first-order chi connectivity index (χ1) is 10.1. The largest absolute Gasteiger partial charge is 0.464 e. The van der Waals surface area contributed by atoms with Gasteiger partial charge in [0.15, 0.2) is 0 Å². The molecule has 0 aliphatic carbocycles. The third-order valence-corrected chi connectivity index (χ3v) is 3.56. The third-order valence-electron chi connectivity index (χ3n) is 3.56. The lowest BCUT2D eigenvalue weighted by atomic mass is 10.2. The van der Waals surface area contributed by atoms with Crippen molar-refractivity contribution in [3.8, 4) is 0 Å². The highest BCUT2D eigenvalue weighted by Crippen LogP contribution is 2.15. The minimum atomic E-state index is -0.426. The number of para-hydroxylation sites is 1. The number of nitrogens with zero attached hydrogens (tertiary/aromatic N) is 2. The van der Waals surface area contributed by atoms with Crippen LogP contribution in [0.4, 0.5) is 5.69 Å². The summed E-state index contributed by atoms with van der Waals surface area (Å²) in [6.45, 7) is 6.35. The number of anilines is 1. The van der Waals surface area contributed by atoms with Gasteiger partial charge < -0.3 is 9.64 Å². The van der Waals surface area contributed by atoms with Crippen molar-refractivity contribution in [2.75, 3.05) is 44.2 Å². The van der Waals surface area contributed by atoms with Gasteiger partial charge in [-0.15, -0.1) is 0 Å². The molecule has 1 heterocycles. The van der Waals surface area contributed by atoms with E-state index < -0.39 is 5.97 Å². The summed E-state index contributed by atoms with van der Waals surface area (Å²) in [6, 6.07) is 10.4. The van der Waals surface area contributed by atoms with Crippen LogP contribution in [0, 0.1) is 0 Å². The summed E-state index contributed by atoms with van der Waals surface area (Å²) in [5, 5.41) is 0. The monoisotopic (exact) mass is 290 g/mol. The van der Waals surface area contributed by atoms with Crippen LogP contribution >= 0.6 is 0 Å². The van der Waals surface area contributed by atoms with Crippen LogP contribution < -0.4 is 4.90 Å². The minimum Gasteiger partial charge on any atom is -0.464 e. The molecule has 21 heavy (non-hydrogen) atoms. The first-order valence-electron chi connectivity index (χ1n) is 7.32. The smallest absolute Gasteiger partial charge is 0.313 e. The van der Waals surface area contributed by atoms with Gasteiger partial charge in [0.25, 0.3) is 0 Å². The summed E-state index contributed by atoms with van der Waals surface area (Å²) >= 11 is 0. The summed E-state index contributed by atoms with van der Waals surface area (Å²) in [7, 11) is 0. The fourth-order valence-electron chi connectivity index (χ4n) is 2.41. The molecule has 2 rings (SSSR count). The van der Waals surface area contributed by atoms with Crippen LogP contribution in [0.3, 0.4) is 0 Å². The van der Waals surface area contributed by atoms with Crippen molar-refractivity contribution < 1.29 is 14.3 Å². The van der Waals surface area contributed by atoms with Gasteiger partial charge in [0.2, 0.25) is 0 Å². The van der Waals surface area contributed by atoms with Crippen molar-refractivity contribution in [3.05, 3.63) is 30.3 Å². The Kier molecular flexibility index (Phi) is 5.75. The van der Waals surface area contributed by atoms with E-state index in [-0.39, 0.29) is 12.2 Å². The van der Waals surface area contributed by atoms with Gasteiger partial charge in [0.05, 0.1) is 0 Å². The number of benzene rings is 1. The Morgan fingerprint density at radius 1 is 1.10 bits per heavy atom. The van der Waals surface area contributed by atoms with Gasteiger partial charge in [-0.05, 0) is 19.1 Å². The summed E-state index contributed by atoms with van der Waals surface area (Å²) in [4.78, 5) is 26.7. The van der Waals surface area contributed by atoms with Crippen LogP contribution in [0.25, 0.3) is 0 Å². The predicted octanol–water partition coefficient (Wildman–Crippen LogP) is 1.33. The molecular formula is C16H22N2O3. The van der Waals surface area contributed by atoms with Gasteiger partial charge in [-0.3, -0.25) is 14.5 Å². The molecule has 0 bridgehead atoms. The molecule has 114 valence electrons. The number of hydrogen-bond acceptors (Lipinski definition) is 5. The van der Waals surface area contributed by atoms with Crippen molar-refractivity contribution in [2.24, 2.45) is 0 Å². The van der Waals surface area contributed by atoms with Crippen molar-refractivity contribution in [1.29, 1.82) is 0 Å². The molecule has 0 aromatic heterocycles. The molecule has 0 unspecified atom stereocenters. The zero-order chi connectivity index (χ0) is 15.1. The van der Waals surface area contributed by atoms with Crippen LogP contribution in [0.2, 0.25) is 0 Å². The molecular weight excluding hydrogens is 268 g/mol. The number of Topliss-reactive ketones (excluding diaryl/α,β-unsaturated/α-hetero) is 1. The standard InChI is InChI=1S/C16H22N2O3/c1-14(19)13-16(20)21-12-11-17-7-9-18(10-8-17)15-5-3-2-4-6-15/h2-6H,7-13H2,1H3. The number of carbonyl (C=O) groups is 2. The fraction of sp³-hybridized carbons (Fsp3) is 0.500. The summed E-state index contributed by atoms with van der Waals surface area (Å²) in [6.07, 6.45) is -0.123. The molecule has 1 fully saturated rings. The van der Waals surface area contributed by atoms with E-state index in [1.165, 1.54) is 12.6 Å². The van der Waals surface area contributed by atoms with Gasteiger partial charge in [0.1, 0.15) is 18.8 Å². The SMILES string of the molecule is CC(=O)CC(=O)OCCN1CCN(c2ccccc2)CC1. The van der Waals surface area contributed by atoms with E-state index in [4.69, 9.17) is 4.74 Å². The second kappa shape index (κ2) is 7.78. The molecule has 1 aliphatic heterocycles. The van der Waals surface area contributed by atoms with Crippen LogP contribution in [-0.4, -0.2) is 56.0 Å². The number of hydrogen-bond donors (Lipinski definition) is 0. The zero-order valence-electron chi connectivity index (χ0n) is 12.5. The van der Waals surface area contributed by atoms with Crippen LogP contribution in [0.15, 0.2) is 30.3 Å². The van der Waals surface area contributed by atoms with E-state index in [9.17, 15) is 9.59 Å². The average Bonchev–Trinajstić information content (AvgIpc) is 2.48. The number of ketones is 1. The first kappa shape index (κ1) is 15.5. The highest BCUT2D eigenvalue weighted by molar-refractivity contribution is 5.94. The zero-order valence-corrected chi connectivity index (χ0v) is 12.5. The maximum atomic E-state index is 11.3. The summed E-state index contributed by atoms with van der Waals surface area (Å²) in [5.41, 5.74) is 1.25. The average molecular weight is 290 g/mol. The van der Waals surface area contributed by atoms with Crippen molar-refractivity contribution >= 4 is 17.4 Å². The molecule has 1 aromatic carbocycles. The Bertz CT molecular complexity index is 468. The maximum absolute atomic E-state index is 11.3. The Labute approximate surface area is 125 Å². The quantitative estimate of drug-likeness (QED) is 0.584. The molecule has 0 amide bonds. The number of piperazine rings is 1. The molecule has 0 saturated carbocycles. The lowest BCUT2D eigenvalue weighted by Gasteiger charge is -2.35. The Morgan fingerprint density at radius 3 is 2.38 bits per heavy atom.